The predicted octanol–water partition coefficient (Wildman–Crippen LogP) is 2.11. The van der Waals surface area contributed by atoms with Crippen molar-refractivity contribution in [3.63, 3.8) is 0 Å². The summed E-state index contributed by atoms with van der Waals surface area (Å²) < 4.78 is 0. The van der Waals surface area contributed by atoms with E-state index in [1.807, 2.05) is 6.92 Å². The lowest BCUT2D eigenvalue weighted by molar-refractivity contribution is 0.197. The SMILES string of the molecule is Cc1nc(C2CCC2)ncc1C(C)O. The van der Waals surface area contributed by atoms with Crippen LogP contribution in [0.25, 0.3) is 0 Å². The molecule has 1 aliphatic rings. The van der Waals surface area contributed by atoms with Crippen molar-refractivity contribution in [2.45, 2.75) is 45.1 Å². The molecule has 1 atom stereocenters. The number of hydrogen-bond donors (Lipinski definition) is 1. The monoisotopic (exact) mass is 192 g/mol. The summed E-state index contributed by atoms with van der Waals surface area (Å²) in [7, 11) is 0. The fourth-order valence-corrected chi connectivity index (χ4v) is 1.77. The Morgan fingerprint density at radius 3 is 2.64 bits per heavy atom. The third-order valence-electron chi connectivity index (χ3n) is 2.96. The van der Waals surface area contributed by atoms with Crippen molar-refractivity contribution in [3.05, 3.63) is 23.3 Å². The molecule has 0 amide bonds. The van der Waals surface area contributed by atoms with Crippen molar-refractivity contribution in [2.24, 2.45) is 0 Å². The van der Waals surface area contributed by atoms with Crippen LogP contribution in [0.2, 0.25) is 0 Å². The van der Waals surface area contributed by atoms with E-state index in [4.69, 9.17) is 0 Å². The maximum Gasteiger partial charge on any atom is 0.131 e. The van der Waals surface area contributed by atoms with Gasteiger partial charge < -0.3 is 5.11 Å². The molecular weight excluding hydrogens is 176 g/mol. The highest BCUT2D eigenvalue weighted by atomic mass is 16.3. The minimum Gasteiger partial charge on any atom is -0.389 e. The van der Waals surface area contributed by atoms with E-state index in [0.29, 0.717) is 5.92 Å². The summed E-state index contributed by atoms with van der Waals surface area (Å²) >= 11 is 0. The highest BCUT2D eigenvalue weighted by Gasteiger charge is 2.22. The molecule has 3 heteroatoms. The van der Waals surface area contributed by atoms with Gasteiger partial charge in [0.25, 0.3) is 0 Å². The Morgan fingerprint density at radius 1 is 1.50 bits per heavy atom. The van der Waals surface area contributed by atoms with E-state index in [0.717, 1.165) is 17.1 Å². The molecular formula is C11H16N2O. The molecule has 0 saturated heterocycles. The summed E-state index contributed by atoms with van der Waals surface area (Å²) in [4.78, 5) is 8.76. The Balaban J connectivity index is 2.25. The maximum atomic E-state index is 9.43. The van der Waals surface area contributed by atoms with Crippen molar-refractivity contribution in [2.75, 3.05) is 0 Å². The molecule has 1 fully saturated rings. The van der Waals surface area contributed by atoms with Gasteiger partial charge in [0, 0.05) is 23.4 Å². The molecule has 1 unspecified atom stereocenters. The molecule has 1 aromatic rings. The number of aromatic nitrogens is 2. The first kappa shape index (κ1) is 9.59. The van der Waals surface area contributed by atoms with E-state index >= 15 is 0 Å². The van der Waals surface area contributed by atoms with Gasteiger partial charge in [-0.25, -0.2) is 9.97 Å². The molecule has 0 radical (unpaired) electrons. The number of aliphatic hydroxyl groups excluding tert-OH is 1. The van der Waals surface area contributed by atoms with E-state index in [-0.39, 0.29) is 0 Å². The fourth-order valence-electron chi connectivity index (χ4n) is 1.77. The molecule has 0 bridgehead atoms. The summed E-state index contributed by atoms with van der Waals surface area (Å²) in [6.07, 6.45) is 5.03. The van der Waals surface area contributed by atoms with Gasteiger partial charge >= 0.3 is 0 Å². The zero-order chi connectivity index (χ0) is 10.1. The van der Waals surface area contributed by atoms with E-state index in [2.05, 4.69) is 9.97 Å². The van der Waals surface area contributed by atoms with Crippen molar-refractivity contribution in [1.82, 2.24) is 9.97 Å². The van der Waals surface area contributed by atoms with Gasteiger partial charge in [-0.15, -0.1) is 0 Å². The number of nitrogens with zero attached hydrogens (tertiary/aromatic N) is 2. The largest absolute Gasteiger partial charge is 0.389 e. The van der Waals surface area contributed by atoms with Crippen LogP contribution in [0, 0.1) is 6.92 Å². The van der Waals surface area contributed by atoms with Crippen LogP contribution in [0.1, 0.15) is 55.3 Å². The Kier molecular flexibility index (Phi) is 2.50. The van der Waals surface area contributed by atoms with Crippen LogP contribution in [0.15, 0.2) is 6.20 Å². The smallest absolute Gasteiger partial charge is 0.131 e. The molecule has 1 saturated carbocycles. The van der Waals surface area contributed by atoms with Crippen molar-refractivity contribution in [1.29, 1.82) is 0 Å². The molecule has 0 aliphatic heterocycles. The van der Waals surface area contributed by atoms with Crippen LogP contribution >= 0.6 is 0 Å². The summed E-state index contributed by atoms with van der Waals surface area (Å²) in [6.45, 7) is 3.68. The molecule has 1 aliphatic carbocycles. The Morgan fingerprint density at radius 2 is 2.21 bits per heavy atom. The number of aryl methyl sites for hydroxylation is 1. The molecule has 1 aromatic heterocycles. The first-order chi connectivity index (χ1) is 6.68. The second-order valence-electron chi connectivity index (χ2n) is 4.07. The second-order valence-corrected chi connectivity index (χ2v) is 4.07. The van der Waals surface area contributed by atoms with Gasteiger partial charge in [-0.05, 0) is 26.7 Å². The normalized spacial score (nSPS) is 19.1. The van der Waals surface area contributed by atoms with Gasteiger partial charge in [-0.3, -0.25) is 0 Å². The topological polar surface area (TPSA) is 46.0 Å². The summed E-state index contributed by atoms with van der Waals surface area (Å²) in [5.41, 5.74) is 1.75. The third-order valence-corrected chi connectivity index (χ3v) is 2.96. The van der Waals surface area contributed by atoms with E-state index in [1.165, 1.54) is 19.3 Å². The van der Waals surface area contributed by atoms with Crippen LogP contribution in [0.5, 0.6) is 0 Å². The molecule has 14 heavy (non-hydrogen) atoms. The van der Waals surface area contributed by atoms with Crippen molar-refractivity contribution in [3.8, 4) is 0 Å². The standard InChI is InChI=1S/C11H16N2O/c1-7-10(8(2)14)6-12-11(13-7)9-4-3-5-9/h6,8-9,14H,3-5H2,1-2H3. The lowest BCUT2D eigenvalue weighted by atomic mass is 9.85. The fraction of sp³-hybridized carbons (Fsp3) is 0.636. The molecule has 3 nitrogen and oxygen atoms in total. The average Bonchev–Trinajstić information content (AvgIpc) is 2.00. The first-order valence-corrected chi connectivity index (χ1v) is 5.20. The molecule has 1 heterocycles. The number of rotatable bonds is 2. The van der Waals surface area contributed by atoms with Crippen LogP contribution in [-0.2, 0) is 0 Å². The van der Waals surface area contributed by atoms with Crippen LogP contribution in [-0.4, -0.2) is 15.1 Å². The third kappa shape index (κ3) is 1.64. The maximum absolute atomic E-state index is 9.43. The Labute approximate surface area is 84.2 Å². The zero-order valence-electron chi connectivity index (χ0n) is 8.70. The minimum atomic E-state index is -0.467. The van der Waals surface area contributed by atoms with Gasteiger partial charge in [-0.2, -0.15) is 0 Å². The Hall–Kier alpha value is -0.960. The van der Waals surface area contributed by atoms with Crippen LogP contribution in [0.3, 0.4) is 0 Å². The van der Waals surface area contributed by atoms with Crippen molar-refractivity contribution >= 4 is 0 Å². The highest BCUT2D eigenvalue weighted by Crippen LogP contribution is 2.34. The number of aliphatic hydroxyl groups is 1. The second kappa shape index (κ2) is 3.65. The lowest BCUT2D eigenvalue weighted by Gasteiger charge is -2.24. The van der Waals surface area contributed by atoms with Crippen LogP contribution < -0.4 is 0 Å². The minimum absolute atomic E-state index is 0.467. The van der Waals surface area contributed by atoms with E-state index < -0.39 is 6.10 Å². The summed E-state index contributed by atoms with van der Waals surface area (Å²) in [5.74, 6) is 1.52. The van der Waals surface area contributed by atoms with Gasteiger partial charge in [0.1, 0.15) is 5.82 Å². The van der Waals surface area contributed by atoms with Gasteiger partial charge in [0.15, 0.2) is 0 Å². The molecule has 0 aromatic carbocycles. The summed E-state index contributed by atoms with van der Waals surface area (Å²) in [6, 6.07) is 0. The van der Waals surface area contributed by atoms with E-state index in [1.54, 1.807) is 13.1 Å². The average molecular weight is 192 g/mol. The van der Waals surface area contributed by atoms with Gasteiger partial charge in [0.05, 0.1) is 6.10 Å². The van der Waals surface area contributed by atoms with Gasteiger partial charge in [0.2, 0.25) is 0 Å². The first-order valence-electron chi connectivity index (χ1n) is 5.20. The van der Waals surface area contributed by atoms with Crippen LogP contribution in [0.4, 0.5) is 0 Å². The zero-order valence-corrected chi connectivity index (χ0v) is 8.70. The summed E-state index contributed by atoms with van der Waals surface area (Å²) in [5, 5.41) is 9.43. The van der Waals surface area contributed by atoms with E-state index in [9.17, 15) is 5.11 Å². The number of hydrogen-bond acceptors (Lipinski definition) is 3. The Bertz CT molecular complexity index is 332. The molecule has 2 rings (SSSR count). The lowest BCUT2D eigenvalue weighted by Crippen LogP contribution is -2.14. The highest BCUT2D eigenvalue weighted by molar-refractivity contribution is 5.19. The van der Waals surface area contributed by atoms with Crippen molar-refractivity contribution < 1.29 is 5.11 Å². The predicted molar refractivity (Wildman–Crippen MR) is 54.0 cm³/mol. The molecule has 1 N–H and O–H groups in total. The molecule has 76 valence electrons. The van der Waals surface area contributed by atoms with Gasteiger partial charge in [-0.1, -0.05) is 6.42 Å². The quantitative estimate of drug-likeness (QED) is 0.780. The molecule has 0 spiro atoms.